The first kappa shape index (κ1) is 11.9. The van der Waals surface area contributed by atoms with Crippen molar-refractivity contribution >= 4 is 10.0 Å². The lowest BCUT2D eigenvalue weighted by atomic mass is 10.3. The van der Waals surface area contributed by atoms with Crippen molar-refractivity contribution in [1.29, 1.82) is 0 Å². The minimum absolute atomic E-state index is 0.237. The van der Waals surface area contributed by atoms with Crippen LogP contribution in [0, 0.1) is 0 Å². The molecular weight excluding hydrogens is 200 g/mol. The molecule has 84 valence electrons. The van der Waals surface area contributed by atoms with Crippen molar-refractivity contribution < 1.29 is 8.42 Å². The van der Waals surface area contributed by atoms with E-state index in [9.17, 15) is 8.42 Å². The highest BCUT2D eigenvalue weighted by Gasteiger charge is 2.25. The maximum atomic E-state index is 11.7. The quantitative estimate of drug-likeness (QED) is 0.749. The van der Waals surface area contributed by atoms with Crippen LogP contribution in [0.15, 0.2) is 0 Å². The first-order chi connectivity index (χ1) is 6.56. The minimum Gasteiger partial charge on any atom is -0.312 e. The van der Waals surface area contributed by atoms with Crippen LogP contribution >= 0.6 is 0 Å². The molecule has 0 aromatic heterocycles. The van der Waals surface area contributed by atoms with Crippen LogP contribution < -0.4 is 5.32 Å². The summed E-state index contributed by atoms with van der Waals surface area (Å²) in [7, 11) is -2.99. The second-order valence-electron chi connectivity index (χ2n) is 3.88. The molecule has 1 atom stereocenters. The molecule has 1 saturated heterocycles. The molecule has 1 heterocycles. The topological polar surface area (TPSA) is 49.4 Å². The van der Waals surface area contributed by atoms with E-state index in [1.54, 1.807) is 4.31 Å². The number of nitrogens with one attached hydrogen (secondary N) is 1. The first-order valence-electron chi connectivity index (χ1n) is 5.27. The Morgan fingerprint density at radius 3 is 2.86 bits per heavy atom. The summed E-state index contributed by atoms with van der Waals surface area (Å²) in [5.41, 5.74) is 0. The summed E-state index contributed by atoms with van der Waals surface area (Å²) in [4.78, 5) is 0. The van der Waals surface area contributed by atoms with Crippen molar-refractivity contribution in [3.63, 3.8) is 0 Å². The highest BCUT2D eigenvalue weighted by Crippen LogP contribution is 2.08. The fourth-order valence-electron chi connectivity index (χ4n) is 1.61. The molecule has 1 rings (SSSR count). The van der Waals surface area contributed by atoms with Crippen molar-refractivity contribution in [3.05, 3.63) is 0 Å². The Morgan fingerprint density at radius 2 is 2.21 bits per heavy atom. The predicted octanol–water partition coefficient (Wildman–Crippen LogP) is 0.410. The zero-order chi connectivity index (χ0) is 10.6. The molecule has 0 aromatic rings. The highest BCUT2D eigenvalue weighted by molar-refractivity contribution is 7.89. The van der Waals surface area contributed by atoms with Gasteiger partial charge in [-0.1, -0.05) is 13.3 Å². The van der Waals surface area contributed by atoms with Crippen LogP contribution in [0.3, 0.4) is 0 Å². The van der Waals surface area contributed by atoms with Gasteiger partial charge < -0.3 is 5.32 Å². The summed E-state index contributed by atoms with van der Waals surface area (Å²) in [5.74, 6) is 0.237. The molecule has 0 saturated carbocycles. The molecule has 0 bridgehead atoms. The van der Waals surface area contributed by atoms with Crippen LogP contribution in [0.25, 0.3) is 0 Å². The van der Waals surface area contributed by atoms with Crippen molar-refractivity contribution in [1.82, 2.24) is 9.62 Å². The zero-order valence-corrected chi connectivity index (χ0v) is 9.81. The normalized spacial score (nSPS) is 28.6. The minimum atomic E-state index is -2.99. The predicted molar refractivity (Wildman–Crippen MR) is 57.7 cm³/mol. The smallest absolute Gasteiger partial charge is 0.215 e. The average molecular weight is 220 g/mol. The molecule has 1 unspecified atom stereocenters. The Hall–Kier alpha value is -0.130. The van der Waals surface area contributed by atoms with E-state index >= 15 is 0 Å². The SMILES string of the molecule is CCCCN1CC(C)NCCS1(=O)=O. The lowest BCUT2D eigenvalue weighted by molar-refractivity contribution is 0.376. The summed E-state index contributed by atoms with van der Waals surface area (Å²) >= 11 is 0. The number of rotatable bonds is 3. The Morgan fingerprint density at radius 1 is 1.50 bits per heavy atom. The third-order valence-electron chi connectivity index (χ3n) is 2.48. The number of sulfonamides is 1. The molecule has 14 heavy (non-hydrogen) atoms. The standard InChI is InChI=1S/C9H20N2O2S/c1-3-4-6-11-8-9(2)10-5-7-14(11,12)13/h9-10H,3-8H2,1-2H3. The van der Waals surface area contributed by atoms with Gasteiger partial charge in [-0.3, -0.25) is 0 Å². The van der Waals surface area contributed by atoms with E-state index < -0.39 is 10.0 Å². The number of hydrogen-bond donors (Lipinski definition) is 1. The Labute approximate surface area is 86.7 Å². The van der Waals surface area contributed by atoms with Gasteiger partial charge in [0.25, 0.3) is 0 Å². The van der Waals surface area contributed by atoms with Gasteiger partial charge in [0.2, 0.25) is 10.0 Å². The van der Waals surface area contributed by atoms with Crippen LogP contribution in [0.5, 0.6) is 0 Å². The fraction of sp³-hybridized carbons (Fsp3) is 1.00. The van der Waals surface area contributed by atoms with Gasteiger partial charge in [-0.2, -0.15) is 0 Å². The maximum absolute atomic E-state index is 11.7. The average Bonchev–Trinajstić information content (AvgIpc) is 2.22. The monoisotopic (exact) mass is 220 g/mol. The lowest BCUT2D eigenvalue weighted by Gasteiger charge is -2.21. The highest BCUT2D eigenvalue weighted by atomic mass is 32.2. The molecule has 1 N–H and O–H groups in total. The molecule has 0 aliphatic carbocycles. The van der Waals surface area contributed by atoms with Crippen molar-refractivity contribution in [3.8, 4) is 0 Å². The van der Waals surface area contributed by atoms with Gasteiger partial charge in [-0.15, -0.1) is 0 Å². The third kappa shape index (κ3) is 3.22. The van der Waals surface area contributed by atoms with Gasteiger partial charge in [0.1, 0.15) is 0 Å². The van der Waals surface area contributed by atoms with Crippen molar-refractivity contribution in [2.45, 2.75) is 32.7 Å². The van der Waals surface area contributed by atoms with E-state index in [1.165, 1.54) is 0 Å². The van der Waals surface area contributed by atoms with E-state index in [-0.39, 0.29) is 11.8 Å². The third-order valence-corrected chi connectivity index (χ3v) is 4.32. The molecule has 0 aromatic carbocycles. The van der Waals surface area contributed by atoms with E-state index in [0.717, 1.165) is 12.8 Å². The summed E-state index contributed by atoms with van der Waals surface area (Å²) in [5, 5.41) is 3.19. The molecule has 5 heteroatoms. The van der Waals surface area contributed by atoms with E-state index in [2.05, 4.69) is 12.2 Å². The molecule has 1 aliphatic heterocycles. The molecule has 4 nitrogen and oxygen atoms in total. The van der Waals surface area contributed by atoms with Crippen LogP contribution in [0.4, 0.5) is 0 Å². The van der Waals surface area contributed by atoms with E-state index in [1.807, 2.05) is 6.92 Å². The van der Waals surface area contributed by atoms with Gasteiger partial charge in [0, 0.05) is 25.7 Å². The maximum Gasteiger partial charge on any atom is 0.215 e. The molecule has 1 fully saturated rings. The Balaban J connectivity index is 2.64. The molecule has 0 spiro atoms. The van der Waals surface area contributed by atoms with Gasteiger partial charge >= 0.3 is 0 Å². The summed E-state index contributed by atoms with van der Waals surface area (Å²) in [6, 6.07) is 0.268. The second-order valence-corrected chi connectivity index (χ2v) is 5.97. The summed E-state index contributed by atoms with van der Waals surface area (Å²) in [6.07, 6.45) is 1.99. The Bertz CT molecular complexity index is 264. The van der Waals surface area contributed by atoms with E-state index in [4.69, 9.17) is 0 Å². The zero-order valence-electron chi connectivity index (χ0n) is 8.99. The largest absolute Gasteiger partial charge is 0.312 e. The van der Waals surface area contributed by atoms with Crippen LogP contribution in [-0.2, 0) is 10.0 Å². The van der Waals surface area contributed by atoms with Gasteiger partial charge in [-0.05, 0) is 13.3 Å². The molecule has 0 amide bonds. The molecule has 1 aliphatic rings. The van der Waals surface area contributed by atoms with Crippen LogP contribution in [-0.4, -0.2) is 44.2 Å². The number of nitrogens with zero attached hydrogens (tertiary/aromatic N) is 1. The van der Waals surface area contributed by atoms with Crippen LogP contribution in [0.2, 0.25) is 0 Å². The first-order valence-corrected chi connectivity index (χ1v) is 6.88. The van der Waals surface area contributed by atoms with Crippen molar-refractivity contribution in [2.75, 3.05) is 25.4 Å². The Kier molecular flexibility index (Phi) is 4.34. The van der Waals surface area contributed by atoms with Crippen molar-refractivity contribution in [2.24, 2.45) is 0 Å². The van der Waals surface area contributed by atoms with Gasteiger partial charge in [0.15, 0.2) is 0 Å². The number of hydrogen-bond acceptors (Lipinski definition) is 3. The number of unbranched alkanes of at least 4 members (excludes halogenated alkanes) is 1. The van der Waals surface area contributed by atoms with Gasteiger partial charge in [0.05, 0.1) is 5.75 Å². The van der Waals surface area contributed by atoms with Gasteiger partial charge in [-0.25, -0.2) is 12.7 Å². The summed E-state index contributed by atoms with van der Waals surface area (Å²) < 4.78 is 25.1. The fourth-order valence-corrected chi connectivity index (χ4v) is 3.10. The second kappa shape index (κ2) is 5.09. The molecule has 0 radical (unpaired) electrons. The summed E-state index contributed by atoms with van der Waals surface area (Å²) in [6.45, 7) is 5.96. The van der Waals surface area contributed by atoms with Crippen LogP contribution in [0.1, 0.15) is 26.7 Å². The molecular formula is C9H20N2O2S. The lowest BCUT2D eigenvalue weighted by Crippen LogP contribution is -2.38. The van der Waals surface area contributed by atoms with E-state index in [0.29, 0.717) is 19.6 Å².